The molecule has 1 N–H and O–H groups in total. The van der Waals surface area contributed by atoms with E-state index in [2.05, 4.69) is 27.2 Å². The van der Waals surface area contributed by atoms with Crippen LogP contribution < -0.4 is 19.7 Å². The second-order valence-corrected chi connectivity index (χ2v) is 11.0. The van der Waals surface area contributed by atoms with Crippen molar-refractivity contribution in [2.75, 3.05) is 51.5 Å². The molecule has 1 aromatic rings. The quantitative estimate of drug-likeness (QED) is 0.596. The average Bonchev–Trinajstić information content (AvgIpc) is 3.38. The highest BCUT2D eigenvalue weighted by Crippen LogP contribution is 2.41. The molecule has 0 atom stereocenters. The Hall–Kier alpha value is -1.99. The standard InChI is InChI=1S/C28H43N3O4/c1-33-24-11-7-22(8-12-24)19-27(32)29-23-9-5-21(6-10-23)13-14-30-15-17-31(18-16-30)25-3-2-4-26-28(25)35-20-34-26/h2-4,21-24H,5-20H2,1H3,(H,29,32)/t21-,22-,23-,24-. The topological polar surface area (TPSA) is 63.3 Å². The molecule has 5 rings (SSSR count). The molecule has 1 amide bonds. The Morgan fingerprint density at radius 1 is 0.971 bits per heavy atom. The highest BCUT2D eigenvalue weighted by molar-refractivity contribution is 5.76. The van der Waals surface area contributed by atoms with Crippen LogP contribution in [0.5, 0.6) is 11.5 Å². The molecule has 1 saturated heterocycles. The number of carbonyl (C=O) groups excluding carboxylic acids is 1. The minimum atomic E-state index is 0.271. The van der Waals surface area contributed by atoms with Crippen LogP contribution in [0.15, 0.2) is 18.2 Å². The van der Waals surface area contributed by atoms with Crippen LogP contribution in [0.25, 0.3) is 0 Å². The number of amides is 1. The summed E-state index contributed by atoms with van der Waals surface area (Å²) in [5, 5.41) is 3.35. The monoisotopic (exact) mass is 485 g/mol. The van der Waals surface area contributed by atoms with Crippen molar-refractivity contribution in [1.82, 2.24) is 10.2 Å². The lowest BCUT2D eigenvalue weighted by molar-refractivity contribution is -0.123. The summed E-state index contributed by atoms with van der Waals surface area (Å²) in [4.78, 5) is 17.6. The molecule has 2 aliphatic carbocycles. The van der Waals surface area contributed by atoms with Crippen LogP contribution >= 0.6 is 0 Å². The number of nitrogens with one attached hydrogen (secondary N) is 1. The largest absolute Gasteiger partial charge is 0.454 e. The molecule has 0 radical (unpaired) electrons. The van der Waals surface area contributed by atoms with Crippen LogP contribution in [-0.4, -0.2) is 69.6 Å². The molecule has 3 fully saturated rings. The summed E-state index contributed by atoms with van der Waals surface area (Å²) in [5.74, 6) is 3.39. The predicted molar refractivity (Wildman–Crippen MR) is 137 cm³/mol. The molecule has 2 heterocycles. The van der Waals surface area contributed by atoms with Crippen LogP contribution in [-0.2, 0) is 9.53 Å². The molecule has 2 aliphatic heterocycles. The summed E-state index contributed by atoms with van der Waals surface area (Å²) in [5.41, 5.74) is 1.17. The molecule has 7 heteroatoms. The van der Waals surface area contributed by atoms with Gasteiger partial charge in [-0.3, -0.25) is 9.69 Å². The first-order valence-electron chi connectivity index (χ1n) is 13.9. The Balaban J connectivity index is 0.963. The Bertz CT molecular complexity index is 825. The van der Waals surface area contributed by atoms with E-state index in [0.29, 0.717) is 31.3 Å². The van der Waals surface area contributed by atoms with Gasteiger partial charge < -0.3 is 24.4 Å². The number of fused-ring (bicyclic) bond motifs is 1. The summed E-state index contributed by atoms with van der Waals surface area (Å²) in [6.45, 7) is 5.78. The zero-order valence-corrected chi connectivity index (χ0v) is 21.4. The highest BCUT2D eigenvalue weighted by atomic mass is 16.7. The van der Waals surface area contributed by atoms with Gasteiger partial charge in [0.25, 0.3) is 0 Å². The van der Waals surface area contributed by atoms with Crippen LogP contribution in [0, 0.1) is 11.8 Å². The fourth-order valence-electron chi connectivity index (χ4n) is 6.46. The Kier molecular flexibility index (Phi) is 8.35. The number of ether oxygens (including phenoxy) is 3. The fourth-order valence-corrected chi connectivity index (χ4v) is 6.46. The Morgan fingerprint density at radius 2 is 1.71 bits per heavy atom. The third-order valence-electron chi connectivity index (χ3n) is 8.76. The first-order chi connectivity index (χ1) is 17.2. The summed E-state index contributed by atoms with van der Waals surface area (Å²) < 4.78 is 16.7. The first-order valence-corrected chi connectivity index (χ1v) is 13.9. The predicted octanol–water partition coefficient (Wildman–Crippen LogP) is 4.20. The van der Waals surface area contributed by atoms with Crippen molar-refractivity contribution in [3.05, 3.63) is 18.2 Å². The normalized spacial score (nSPS) is 29.2. The maximum Gasteiger partial charge on any atom is 0.231 e. The molecular weight excluding hydrogens is 442 g/mol. The van der Waals surface area contributed by atoms with Gasteiger partial charge in [-0.1, -0.05) is 6.07 Å². The molecular formula is C28H43N3O4. The Labute approximate surface area is 210 Å². The minimum Gasteiger partial charge on any atom is -0.454 e. The molecule has 0 spiro atoms. The van der Waals surface area contributed by atoms with E-state index in [1.807, 2.05) is 6.07 Å². The maximum absolute atomic E-state index is 12.6. The maximum atomic E-state index is 12.6. The number of benzene rings is 1. The summed E-state index contributed by atoms with van der Waals surface area (Å²) in [6, 6.07) is 6.57. The van der Waals surface area contributed by atoms with Crippen molar-refractivity contribution >= 4 is 11.6 Å². The molecule has 194 valence electrons. The van der Waals surface area contributed by atoms with Gasteiger partial charge in [0, 0.05) is 45.8 Å². The summed E-state index contributed by atoms with van der Waals surface area (Å²) in [6.07, 6.45) is 11.6. The molecule has 0 unspecified atom stereocenters. The van der Waals surface area contributed by atoms with Gasteiger partial charge in [0.2, 0.25) is 12.7 Å². The zero-order valence-electron chi connectivity index (χ0n) is 21.4. The van der Waals surface area contributed by atoms with Gasteiger partial charge >= 0.3 is 0 Å². The molecule has 2 saturated carbocycles. The number of rotatable bonds is 8. The summed E-state index contributed by atoms with van der Waals surface area (Å²) >= 11 is 0. The van der Waals surface area contributed by atoms with E-state index >= 15 is 0 Å². The number of piperazine rings is 1. The van der Waals surface area contributed by atoms with Gasteiger partial charge in [-0.05, 0) is 88.3 Å². The zero-order chi connectivity index (χ0) is 24.0. The number of carbonyl (C=O) groups is 1. The van der Waals surface area contributed by atoms with Crippen LogP contribution in [0.3, 0.4) is 0 Å². The van der Waals surface area contributed by atoms with Gasteiger partial charge in [-0.15, -0.1) is 0 Å². The number of methoxy groups -OCH3 is 1. The number of anilines is 1. The van der Waals surface area contributed by atoms with Crippen LogP contribution in [0.1, 0.15) is 64.2 Å². The van der Waals surface area contributed by atoms with E-state index in [1.54, 1.807) is 7.11 Å². The smallest absolute Gasteiger partial charge is 0.231 e. The average molecular weight is 486 g/mol. The van der Waals surface area contributed by atoms with E-state index < -0.39 is 0 Å². The van der Waals surface area contributed by atoms with Gasteiger partial charge in [0.1, 0.15) is 0 Å². The second-order valence-electron chi connectivity index (χ2n) is 11.0. The lowest BCUT2D eigenvalue weighted by Gasteiger charge is -2.37. The minimum absolute atomic E-state index is 0.271. The van der Waals surface area contributed by atoms with Gasteiger partial charge in [-0.25, -0.2) is 0 Å². The lowest BCUT2D eigenvalue weighted by Crippen LogP contribution is -2.47. The van der Waals surface area contributed by atoms with Crippen molar-refractivity contribution in [2.24, 2.45) is 11.8 Å². The lowest BCUT2D eigenvalue weighted by atomic mass is 9.83. The number of hydrogen-bond donors (Lipinski definition) is 1. The highest BCUT2D eigenvalue weighted by Gasteiger charge is 2.28. The van der Waals surface area contributed by atoms with Crippen LogP contribution in [0.4, 0.5) is 5.69 Å². The van der Waals surface area contributed by atoms with E-state index in [1.165, 1.54) is 31.5 Å². The van der Waals surface area contributed by atoms with Crippen LogP contribution in [0.2, 0.25) is 0 Å². The number of hydrogen-bond acceptors (Lipinski definition) is 6. The van der Waals surface area contributed by atoms with E-state index in [9.17, 15) is 4.79 Å². The van der Waals surface area contributed by atoms with Crippen molar-refractivity contribution in [3.63, 3.8) is 0 Å². The van der Waals surface area contributed by atoms with Crippen molar-refractivity contribution in [2.45, 2.75) is 76.4 Å². The molecule has 0 bridgehead atoms. The van der Waals surface area contributed by atoms with Crippen molar-refractivity contribution in [3.8, 4) is 11.5 Å². The third-order valence-corrected chi connectivity index (χ3v) is 8.76. The Morgan fingerprint density at radius 3 is 2.46 bits per heavy atom. The fraction of sp³-hybridized carbons (Fsp3) is 0.750. The number of para-hydroxylation sites is 1. The molecule has 1 aromatic carbocycles. The molecule has 0 aromatic heterocycles. The first kappa shape index (κ1) is 24.7. The van der Waals surface area contributed by atoms with E-state index in [-0.39, 0.29) is 5.91 Å². The third kappa shape index (κ3) is 6.42. The van der Waals surface area contributed by atoms with E-state index in [0.717, 1.165) is 82.1 Å². The molecule has 4 aliphatic rings. The van der Waals surface area contributed by atoms with Crippen molar-refractivity contribution < 1.29 is 19.0 Å². The van der Waals surface area contributed by atoms with Gasteiger partial charge in [-0.2, -0.15) is 0 Å². The SMILES string of the molecule is CO[C@H]1CC[C@H](CC(=O)N[C@H]2CC[C@H](CCN3CCN(c4cccc5c4OCO5)CC3)CC2)CC1. The second kappa shape index (κ2) is 11.8. The van der Waals surface area contributed by atoms with Gasteiger partial charge in [0.15, 0.2) is 11.5 Å². The summed E-state index contributed by atoms with van der Waals surface area (Å²) in [7, 11) is 1.80. The number of nitrogens with zero attached hydrogens (tertiary/aromatic N) is 2. The van der Waals surface area contributed by atoms with Gasteiger partial charge in [0.05, 0.1) is 11.8 Å². The molecule has 7 nitrogen and oxygen atoms in total. The van der Waals surface area contributed by atoms with Crippen molar-refractivity contribution in [1.29, 1.82) is 0 Å². The molecule has 35 heavy (non-hydrogen) atoms. The van der Waals surface area contributed by atoms with E-state index in [4.69, 9.17) is 14.2 Å².